The van der Waals surface area contributed by atoms with Crippen molar-refractivity contribution in [3.8, 4) is 0 Å². The highest BCUT2D eigenvalue weighted by Gasteiger charge is 2.53. The largest absolute Gasteiger partial charge is 0.394 e. The second-order valence-electron chi connectivity index (χ2n) is 9.50. The van der Waals surface area contributed by atoms with Crippen LogP contribution in [-0.4, -0.2) is 159 Å². The highest BCUT2D eigenvalue weighted by Crippen LogP contribution is 2.31. The Morgan fingerprint density at radius 1 is 0.703 bits per heavy atom. The van der Waals surface area contributed by atoms with Gasteiger partial charge in [0.25, 0.3) is 0 Å². The molecule has 3 unspecified atom stereocenters. The Balaban J connectivity index is 1.82. The standard InChI is InChI=1S/C20H40N4O13/c1-5(21)24-11-15(31)17(36-19-10(23)13(29)12(28)6(2-25)34-19)8(4-27)35-20(11)37-16-7(3-26)33-18(32)9(22)14(16)30/h5-20,24-32H,2-4,21-23H2,1H3/t5?,6-,7-,8-,9-,10-,11-,12-,13-,14-,15-,16?,17?,18-,19+,20+/m1/s1. The zero-order chi connectivity index (χ0) is 27.6. The van der Waals surface area contributed by atoms with Gasteiger partial charge < -0.3 is 81.7 Å². The zero-order valence-corrected chi connectivity index (χ0v) is 20.2. The lowest BCUT2D eigenvalue weighted by Gasteiger charge is -2.49. The first-order valence-corrected chi connectivity index (χ1v) is 12.0. The van der Waals surface area contributed by atoms with Crippen LogP contribution in [0.25, 0.3) is 0 Å². The van der Waals surface area contributed by atoms with E-state index in [1.807, 2.05) is 0 Å². The van der Waals surface area contributed by atoms with Gasteiger partial charge in [0.15, 0.2) is 18.9 Å². The van der Waals surface area contributed by atoms with Crippen molar-refractivity contribution in [3.63, 3.8) is 0 Å². The van der Waals surface area contributed by atoms with Crippen LogP contribution >= 0.6 is 0 Å². The van der Waals surface area contributed by atoms with Crippen molar-refractivity contribution >= 4 is 0 Å². The molecule has 3 fully saturated rings. The number of nitrogens with two attached hydrogens (primary N) is 3. The number of aliphatic hydroxyl groups is 8. The Bertz CT molecular complexity index is 709. The SMILES string of the molecule is CC(N)N[C@H]1[C@H](OC2[C@@H](CO)O[C@@H](O)[C@H](N)[C@H]2O)O[C@H](CO)C(O[C@@H]2O[C@H](CO)[C@@H](O)[C@H](O)[C@H]2N)[C@@H]1O. The van der Waals surface area contributed by atoms with Gasteiger partial charge in [0.1, 0.15) is 54.9 Å². The fourth-order valence-electron chi connectivity index (χ4n) is 4.64. The number of rotatable bonds is 9. The van der Waals surface area contributed by atoms with Crippen LogP contribution < -0.4 is 22.5 Å². The number of hydrogen-bond donors (Lipinski definition) is 12. The van der Waals surface area contributed by atoms with Crippen molar-refractivity contribution < 1.29 is 64.5 Å². The van der Waals surface area contributed by atoms with E-state index in [1.165, 1.54) is 0 Å². The van der Waals surface area contributed by atoms with E-state index in [-0.39, 0.29) is 0 Å². The summed E-state index contributed by atoms with van der Waals surface area (Å²) in [5, 5.41) is 83.9. The van der Waals surface area contributed by atoms with Gasteiger partial charge in [-0.1, -0.05) is 0 Å². The molecule has 0 aromatic heterocycles. The van der Waals surface area contributed by atoms with Gasteiger partial charge in [-0.05, 0) is 6.92 Å². The van der Waals surface area contributed by atoms with Crippen molar-refractivity contribution in [3.05, 3.63) is 0 Å². The molecule has 3 heterocycles. The first-order valence-electron chi connectivity index (χ1n) is 12.0. The van der Waals surface area contributed by atoms with E-state index in [0.717, 1.165) is 0 Å². The Labute approximate surface area is 212 Å². The zero-order valence-electron chi connectivity index (χ0n) is 20.2. The van der Waals surface area contributed by atoms with Crippen molar-refractivity contribution in [2.45, 2.75) is 105 Å². The molecule has 0 bridgehead atoms. The fraction of sp³-hybridized carbons (Fsp3) is 1.00. The molecule has 37 heavy (non-hydrogen) atoms. The van der Waals surface area contributed by atoms with E-state index in [0.29, 0.717) is 0 Å². The van der Waals surface area contributed by atoms with Crippen LogP contribution in [0.2, 0.25) is 0 Å². The summed E-state index contributed by atoms with van der Waals surface area (Å²) in [6.07, 6.45) is -17.5. The summed E-state index contributed by atoms with van der Waals surface area (Å²) < 4.78 is 28.1. The van der Waals surface area contributed by atoms with Crippen LogP contribution in [0.4, 0.5) is 0 Å². The summed E-state index contributed by atoms with van der Waals surface area (Å²) in [5.74, 6) is 0. The Morgan fingerprint density at radius 2 is 1.22 bits per heavy atom. The molecule has 0 radical (unpaired) electrons. The van der Waals surface area contributed by atoms with Crippen LogP contribution in [0, 0.1) is 0 Å². The predicted octanol–water partition coefficient (Wildman–Crippen LogP) is -7.74. The summed E-state index contributed by atoms with van der Waals surface area (Å²) in [7, 11) is 0. The van der Waals surface area contributed by atoms with Gasteiger partial charge in [-0.2, -0.15) is 0 Å². The van der Waals surface area contributed by atoms with E-state index in [2.05, 4.69) is 5.32 Å². The molecule has 0 aromatic rings. The third kappa shape index (κ3) is 6.56. The molecule has 17 nitrogen and oxygen atoms in total. The normalized spacial score (nSPS) is 50.1. The van der Waals surface area contributed by atoms with Crippen LogP contribution in [-0.2, 0) is 23.7 Å². The van der Waals surface area contributed by atoms with Gasteiger partial charge in [0.2, 0.25) is 0 Å². The number of ether oxygens (including phenoxy) is 5. The molecule has 15 N–H and O–H groups in total. The molecule has 0 saturated carbocycles. The van der Waals surface area contributed by atoms with Crippen molar-refractivity contribution in [2.24, 2.45) is 17.2 Å². The minimum atomic E-state index is -1.57. The predicted molar refractivity (Wildman–Crippen MR) is 120 cm³/mol. The minimum absolute atomic E-state index is 0.654. The van der Waals surface area contributed by atoms with Gasteiger partial charge in [-0.15, -0.1) is 0 Å². The van der Waals surface area contributed by atoms with Gasteiger partial charge in [-0.3, -0.25) is 5.32 Å². The first-order chi connectivity index (χ1) is 17.4. The van der Waals surface area contributed by atoms with E-state index in [4.69, 9.17) is 40.9 Å². The second kappa shape index (κ2) is 13.1. The highest BCUT2D eigenvalue weighted by molar-refractivity contribution is 4.99. The van der Waals surface area contributed by atoms with Gasteiger partial charge in [0.05, 0.1) is 44.1 Å². The molecule has 0 spiro atoms. The van der Waals surface area contributed by atoms with Crippen LogP contribution in [0.5, 0.6) is 0 Å². The third-order valence-corrected chi connectivity index (χ3v) is 6.74. The maximum Gasteiger partial charge on any atom is 0.176 e. The van der Waals surface area contributed by atoms with Crippen molar-refractivity contribution in [2.75, 3.05) is 19.8 Å². The highest BCUT2D eigenvalue weighted by atomic mass is 16.7. The molecule has 3 aliphatic rings. The van der Waals surface area contributed by atoms with E-state index in [9.17, 15) is 40.9 Å². The number of hydrogen-bond acceptors (Lipinski definition) is 17. The molecule has 3 aliphatic heterocycles. The molecule has 16 atom stereocenters. The summed E-state index contributed by atoms with van der Waals surface area (Å²) in [6.45, 7) is -0.451. The van der Waals surface area contributed by atoms with Crippen molar-refractivity contribution in [1.29, 1.82) is 0 Å². The van der Waals surface area contributed by atoms with E-state index >= 15 is 0 Å². The Morgan fingerprint density at radius 3 is 1.78 bits per heavy atom. The smallest absolute Gasteiger partial charge is 0.176 e. The average Bonchev–Trinajstić information content (AvgIpc) is 2.87. The maximum absolute atomic E-state index is 11.2. The van der Waals surface area contributed by atoms with Gasteiger partial charge >= 0.3 is 0 Å². The molecular formula is C20H40N4O13. The molecule has 0 aromatic carbocycles. The molecule has 218 valence electrons. The quantitative estimate of drug-likeness (QED) is 0.120. The summed E-state index contributed by atoms with van der Waals surface area (Å²) >= 11 is 0. The van der Waals surface area contributed by atoms with Crippen LogP contribution in [0.3, 0.4) is 0 Å². The van der Waals surface area contributed by atoms with Crippen LogP contribution in [0.15, 0.2) is 0 Å². The number of nitrogens with one attached hydrogen (secondary N) is 1. The lowest BCUT2D eigenvalue weighted by atomic mass is 9.94. The number of aliphatic hydroxyl groups excluding tert-OH is 8. The molecule has 0 aliphatic carbocycles. The fourth-order valence-corrected chi connectivity index (χ4v) is 4.64. The minimum Gasteiger partial charge on any atom is -0.394 e. The molecule has 17 heteroatoms. The third-order valence-electron chi connectivity index (χ3n) is 6.74. The molecule has 3 rings (SSSR count). The topological polar surface area (TPSA) is 298 Å². The van der Waals surface area contributed by atoms with Crippen molar-refractivity contribution in [1.82, 2.24) is 5.32 Å². The average molecular weight is 545 g/mol. The Kier molecular flexibility index (Phi) is 10.9. The second-order valence-corrected chi connectivity index (χ2v) is 9.50. The first kappa shape index (κ1) is 30.9. The maximum atomic E-state index is 11.2. The summed E-state index contributed by atoms with van der Waals surface area (Å²) in [4.78, 5) is 0. The molecule has 3 saturated heterocycles. The lowest BCUT2D eigenvalue weighted by Crippen LogP contribution is -2.70. The summed E-state index contributed by atoms with van der Waals surface area (Å²) in [6, 6.07) is -3.73. The lowest BCUT2D eigenvalue weighted by molar-refractivity contribution is -0.351. The van der Waals surface area contributed by atoms with E-state index in [1.54, 1.807) is 6.92 Å². The van der Waals surface area contributed by atoms with Crippen LogP contribution in [0.1, 0.15) is 6.92 Å². The monoisotopic (exact) mass is 544 g/mol. The van der Waals surface area contributed by atoms with Gasteiger partial charge in [0, 0.05) is 0 Å². The van der Waals surface area contributed by atoms with E-state index < -0.39 is 118 Å². The summed E-state index contributed by atoms with van der Waals surface area (Å²) in [5.41, 5.74) is 17.6. The molecular weight excluding hydrogens is 504 g/mol. The molecule has 0 amide bonds. The van der Waals surface area contributed by atoms with Gasteiger partial charge in [-0.25, -0.2) is 0 Å². The Hall–Kier alpha value is -0.680.